The molecule has 124 valence electrons. The smallest absolute Gasteiger partial charge is 0.251 e. The molecule has 0 aliphatic rings. The fourth-order valence-electron chi connectivity index (χ4n) is 2.73. The monoisotopic (exact) mass is 348 g/mol. The minimum atomic E-state index is -0.0795. The molecule has 2 aromatic carbocycles. The van der Waals surface area contributed by atoms with Crippen molar-refractivity contribution < 1.29 is 4.79 Å². The van der Waals surface area contributed by atoms with E-state index in [0.29, 0.717) is 18.7 Å². The lowest BCUT2D eigenvalue weighted by atomic mass is 10.1. The Morgan fingerprint density at radius 2 is 2.00 bits per heavy atom. The van der Waals surface area contributed by atoms with Crippen molar-refractivity contribution >= 4 is 27.5 Å². The number of carbonyl (C=O) groups excluding carboxylic acids is 1. The van der Waals surface area contributed by atoms with E-state index in [1.807, 2.05) is 53.3 Å². The summed E-state index contributed by atoms with van der Waals surface area (Å²) >= 11 is 1.54. The van der Waals surface area contributed by atoms with Crippen LogP contribution in [0.2, 0.25) is 0 Å². The molecule has 1 amide bonds. The molecule has 0 aliphatic carbocycles. The van der Waals surface area contributed by atoms with E-state index in [2.05, 4.69) is 21.5 Å². The van der Waals surface area contributed by atoms with Gasteiger partial charge in [-0.15, -0.1) is 11.3 Å². The van der Waals surface area contributed by atoms with Gasteiger partial charge in [0.15, 0.2) is 0 Å². The number of nitrogens with zero attached hydrogens (tertiary/aromatic N) is 3. The molecule has 0 saturated carbocycles. The molecular formula is C19H16N4OS. The normalized spacial score (nSPS) is 10.9. The maximum atomic E-state index is 12.5. The Bertz CT molecular complexity index is 1010. The summed E-state index contributed by atoms with van der Waals surface area (Å²) in [7, 11) is 0. The van der Waals surface area contributed by atoms with Gasteiger partial charge in [-0.3, -0.25) is 9.48 Å². The van der Waals surface area contributed by atoms with Gasteiger partial charge in [0.25, 0.3) is 5.91 Å². The zero-order valence-electron chi connectivity index (χ0n) is 13.4. The summed E-state index contributed by atoms with van der Waals surface area (Å²) in [6.45, 7) is 1.17. The molecule has 0 bridgehead atoms. The van der Waals surface area contributed by atoms with E-state index < -0.39 is 0 Å². The number of nitrogens with one attached hydrogen (secondary N) is 1. The van der Waals surface area contributed by atoms with Crippen molar-refractivity contribution in [1.29, 1.82) is 0 Å². The highest BCUT2D eigenvalue weighted by molar-refractivity contribution is 7.16. The van der Waals surface area contributed by atoms with Crippen molar-refractivity contribution in [1.82, 2.24) is 20.1 Å². The van der Waals surface area contributed by atoms with Gasteiger partial charge in [0, 0.05) is 24.5 Å². The Morgan fingerprint density at radius 1 is 1.12 bits per heavy atom. The van der Waals surface area contributed by atoms with Crippen LogP contribution in [0.25, 0.3) is 10.2 Å². The fourth-order valence-corrected chi connectivity index (χ4v) is 3.44. The predicted octanol–water partition coefficient (Wildman–Crippen LogP) is 3.47. The largest absolute Gasteiger partial charge is 0.348 e. The Morgan fingerprint density at radius 3 is 2.84 bits per heavy atom. The Balaban J connectivity index is 1.48. The lowest BCUT2D eigenvalue weighted by Crippen LogP contribution is -2.23. The molecule has 25 heavy (non-hydrogen) atoms. The number of hydrogen-bond donors (Lipinski definition) is 1. The van der Waals surface area contributed by atoms with Crippen LogP contribution in [-0.4, -0.2) is 20.7 Å². The molecule has 0 fully saturated rings. The van der Waals surface area contributed by atoms with Gasteiger partial charge in [-0.1, -0.05) is 24.3 Å². The summed E-state index contributed by atoms with van der Waals surface area (Å²) in [5.74, 6) is -0.0795. The molecule has 5 nitrogen and oxygen atoms in total. The number of fused-ring (bicyclic) bond motifs is 1. The molecule has 0 atom stereocenters. The van der Waals surface area contributed by atoms with Crippen LogP contribution in [0, 0.1) is 0 Å². The van der Waals surface area contributed by atoms with Gasteiger partial charge >= 0.3 is 0 Å². The third kappa shape index (κ3) is 3.44. The van der Waals surface area contributed by atoms with E-state index in [9.17, 15) is 4.79 Å². The molecule has 6 heteroatoms. The molecule has 1 N–H and O–H groups in total. The van der Waals surface area contributed by atoms with Crippen LogP contribution < -0.4 is 5.32 Å². The van der Waals surface area contributed by atoms with E-state index >= 15 is 0 Å². The third-order valence-electron chi connectivity index (χ3n) is 4.04. The number of hydrogen-bond acceptors (Lipinski definition) is 4. The van der Waals surface area contributed by atoms with Gasteiger partial charge in [0.2, 0.25) is 0 Å². The number of amides is 1. The van der Waals surface area contributed by atoms with Crippen LogP contribution in [0.4, 0.5) is 0 Å². The summed E-state index contributed by atoms with van der Waals surface area (Å²) in [4.78, 5) is 16.7. The maximum Gasteiger partial charge on any atom is 0.251 e. The van der Waals surface area contributed by atoms with Crippen molar-refractivity contribution in [2.45, 2.75) is 13.1 Å². The minimum absolute atomic E-state index is 0.0795. The molecule has 2 aromatic heterocycles. The summed E-state index contributed by atoms with van der Waals surface area (Å²) < 4.78 is 2.89. The summed E-state index contributed by atoms with van der Waals surface area (Å²) in [5.41, 5.74) is 5.60. The van der Waals surface area contributed by atoms with Gasteiger partial charge in [0.05, 0.1) is 22.3 Å². The van der Waals surface area contributed by atoms with E-state index in [1.165, 1.54) is 11.3 Å². The Labute approximate surface area is 149 Å². The topological polar surface area (TPSA) is 59.8 Å². The molecule has 0 radical (unpaired) electrons. The quantitative estimate of drug-likeness (QED) is 0.601. The van der Waals surface area contributed by atoms with Crippen molar-refractivity contribution in [2.75, 3.05) is 0 Å². The number of rotatable bonds is 5. The van der Waals surface area contributed by atoms with Gasteiger partial charge in [-0.25, -0.2) is 4.98 Å². The molecule has 0 spiro atoms. The molecule has 0 unspecified atom stereocenters. The van der Waals surface area contributed by atoms with E-state index in [-0.39, 0.29) is 5.91 Å². The van der Waals surface area contributed by atoms with Gasteiger partial charge in [-0.2, -0.15) is 5.10 Å². The van der Waals surface area contributed by atoms with Crippen LogP contribution in [0.5, 0.6) is 0 Å². The lowest BCUT2D eigenvalue weighted by molar-refractivity contribution is 0.0951. The first-order valence-electron chi connectivity index (χ1n) is 7.95. The van der Waals surface area contributed by atoms with Crippen LogP contribution in [0.3, 0.4) is 0 Å². The molecule has 2 heterocycles. The molecular weight excluding hydrogens is 332 g/mol. The van der Waals surface area contributed by atoms with Crippen LogP contribution in [0.1, 0.15) is 21.5 Å². The highest BCUT2D eigenvalue weighted by atomic mass is 32.1. The maximum absolute atomic E-state index is 12.5. The summed E-state index contributed by atoms with van der Waals surface area (Å²) in [6.07, 6.45) is 3.69. The highest BCUT2D eigenvalue weighted by Gasteiger charge is 2.09. The summed E-state index contributed by atoms with van der Waals surface area (Å²) in [6, 6.07) is 15.6. The zero-order chi connectivity index (χ0) is 17.1. The van der Waals surface area contributed by atoms with Crippen molar-refractivity contribution in [3.63, 3.8) is 0 Å². The number of aromatic nitrogens is 3. The first kappa shape index (κ1) is 15.5. The molecule has 4 aromatic rings. The minimum Gasteiger partial charge on any atom is -0.348 e. The molecule has 4 rings (SSSR count). The fraction of sp³-hybridized carbons (Fsp3) is 0.105. The SMILES string of the molecule is O=C(NCc1ccccc1Cn1cccn1)c1ccc2ncsc2c1. The molecule has 0 saturated heterocycles. The second-order valence-corrected chi connectivity index (χ2v) is 6.58. The van der Waals surface area contributed by atoms with Gasteiger partial charge < -0.3 is 5.32 Å². The number of carbonyl (C=O) groups is 1. The van der Waals surface area contributed by atoms with Crippen molar-refractivity contribution in [3.8, 4) is 0 Å². The molecule has 0 aliphatic heterocycles. The number of thiazole rings is 1. The summed E-state index contributed by atoms with van der Waals surface area (Å²) in [5, 5.41) is 7.25. The predicted molar refractivity (Wildman–Crippen MR) is 98.6 cm³/mol. The number of benzene rings is 2. The van der Waals surface area contributed by atoms with Crippen molar-refractivity contribution in [2.24, 2.45) is 0 Å². The van der Waals surface area contributed by atoms with Gasteiger partial charge in [-0.05, 0) is 35.4 Å². The Hall–Kier alpha value is -2.99. The van der Waals surface area contributed by atoms with E-state index in [4.69, 9.17) is 0 Å². The van der Waals surface area contributed by atoms with E-state index in [0.717, 1.165) is 21.3 Å². The van der Waals surface area contributed by atoms with Crippen molar-refractivity contribution in [3.05, 3.63) is 83.1 Å². The average Bonchev–Trinajstić information content (AvgIpc) is 3.31. The van der Waals surface area contributed by atoms with Crippen LogP contribution in [0.15, 0.2) is 66.4 Å². The van der Waals surface area contributed by atoms with Gasteiger partial charge in [0.1, 0.15) is 0 Å². The third-order valence-corrected chi connectivity index (χ3v) is 4.83. The standard InChI is InChI=1S/C19H16N4OS/c24-19(14-6-7-17-18(10-14)25-13-21-17)20-11-15-4-1-2-5-16(15)12-23-9-3-8-22-23/h1-10,13H,11-12H2,(H,20,24). The van der Waals surface area contributed by atoms with Crippen LogP contribution >= 0.6 is 11.3 Å². The highest BCUT2D eigenvalue weighted by Crippen LogP contribution is 2.19. The first-order chi connectivity index (χ1) is 12.3. The second kappa shape index (κ2) is 6.86. The first-order valence-corrected chi connectivity index (χ1v) is 8.83. The zero-order valence-corrected chi connectivity index (χ0v) is 14.2. The Kier molecular flexibility index (Phi) is 4.26. The lowest BCUT2D eigenvalue weighted by Gasteiger charge is -2.11. The van der Waals surface area contributed by atoms with Crippen LogP contribution in [-0.2, 0) is 13.1 Å². The average molecular weight is 348 g/mol. The van der Waals surface area contributed by atoms with E-state index in [1.54, 1.807) is 11.7 Å². The second-order valence-electron chi connectivity index (χ2n) is 5.69.